The Labute approximate surface area is 124 Å². The van der Waals surface area contributed by atoms with Crippen LogP contribution in [0.2, 0.25) is 0 Å². The van der Waals surface area contributed by atoms with Gasteiger partial charge in [0.25, 0.3) is 5.91 Å². The van der Waals surface area contributed by atoms with Gasteiger partial charge in [0.15, 0.2) is 0 Å². The molecule has 0 radical (unpaired) electrons. The molecule has 0 aromatic heterocycles. The van der Waals surface area contributed by atoms with Crippen LogP contribution in [-0.2, 0) is 4.79 Å². The van der Waals surface area contributed by atoms with Crippen LogP contribution in [0.4, 0.5) is 0 Å². The average Bonchev–Trinajstić information content (AvgIpc) is 2.43. The van der Waals surface area contributed by atoms with Crippen molar-refractivity contribution in [1.82, 2.24) is 4.90 Å². The molecule has 1 N–H and O–H groups in total. The Hall–Kier alpha value is -2.30. The van der Waals surface area contributed by atoms with Crippen LogP contribution in [0, 0.1) is 0 Å². The molecule has 0 heterocycles. The van der Waals surface area contributed by atoms with Crippen molar-refractivity contribution in [2.75, 3.05) is 19.7 Å². The van der Waals surface area contributed by atoms with E-state index in [1.807, 2.05) is 19.9 Å². The van der Waals surface area contributed by atoms with Gasteiger partial charge >= 0.3 is 5.97 Å². The lowest BCUT2D eigenvalue weighted by atomic mass is 10.2. The molecule has 0 unspecified atom stereocenters. The van der Waals surface area contributed by atoms with Crippen LogP contribution in [0.1, 0.15) is 31.1 Å². The molecule has 1 amide bonds. The highest BCUT2D eigenvalue weighted by atomic mass is 16.5. The minimum absolute atomic E-state index is 0.307. The largest absolute Gasteiger partial charge is 0.490 e. The van der Waals surface area contributed by atoms with Gasteiger partial charge in [0, 0.05) is 12.1 Å². The molecule has 0 fully saturated rings. The van der Waals surface area contributed by atoms with E-state index in [0.717, 1.165) is 5.57 Å². The van der Waals surface area contributed by atoms with Crippen molar-refractivity contribution in [1.29, 1.82) is 0 Å². The normalized spacial score (nSPS) is 9.86. The summed E-state index contributed by atoms with van der Waals surface area (Å²) in [4.78, 5) is 24.3. The quantitative estimate of drug-likeness (QED) is 0.784. The molecule has 0 aliphatic rings. The number of carboxylic acid groups (broad SMARTS) is 1. The number of nitrogens with zero attached hydrogens (tertiary/aromatic N) is 1. The Kier molecular flexibility index (Phi) is 6.46. The standard InChI is InChI=1S/C16H21NO4/c1-4-17(11-15(18)19)16(20)13-6-5-7-14(10-13)21-9-8-12(2)3/h5-8,10H,4,9,11H2,1-3H3,(H,18,19). The van der Waals surface area contributed by atoms with Gasteiger partial charge in [-0.15, -0.1) is 0 Å². The summed E-state index contributed by atoms with van der Waals surface area (Å²) < 4.78 is 5.54. The number of benzene rings is 1. The van der Waals surface area contributed by atoms with Crippen molar-refractivity contribution >= 4 is 11.9 Å². The van der Waals surface area contributed by atoms with Gasteiger partial charge in [-0.05, 0) is 45.0 Å². The summed E-state index contributed by atoms with van der Waals surface area (Å²) >= 11 is 0. The van der Waals surface area contributed by atoms with Crippen LogP contribution >= 0.6 is 0 Å². The molecule has 0 spiro atoms. The van der Waals surface area contributed by atoms with E-state index < -0.39 is 5.97 Å². The third-order valence-corrected chi connectivity index (χ3v) is 2.82. The zero-order valence-electron chi connectivity index (χ0n) is 12.6. The van der Waals surface area contributed by atoms with E-state index in [1.165, 1.54) is 4.90 Å². The van der Waals surface area contributed by atoms with Crippen molar-refractivity contribution in [2.45, 2.75) is 20.8 Å². The van der Waals surface area contributed by atoms with E-state index in [2.05, 4.69) is 0 Å². The summed E-state index contributed by atoms with van der Waals surface area (Å²) in [6.45, 7) is 6.18. The second-order valence-corrected chi connectivity index (χ2v) is 4.83. The third kappa shape index (κ3) is 5.69. The van der Waals surface area contributed by atoms with Gasteiger partial charge in [-0.25, -0.2) is 0 Å². The molecule has 5 nitrogen and oxygen atoms in total. The van der Waals surface area contributed by atoms with Gasteiger partial charge in [-0.3, -0.25) is 9.59 Å². The average molecular weight is 291 g/mol. The van der Waals surface area contributed by atoms with E-state index in [4.69, 9.17) is 9.84 Å². The van der Waals surface area contributed by atoms with Crippen LogP contribution in [0.15, 0.2) is 35.9 Å². The lowest BCUT2D eigenvalue weighted by molar-refractivity contribution is -0.137. The first-order valence-corrected chi connectivity index (χ1v) is 6.81. The van der Waals surface area contributed by atoms with Crippen LogP contribution in [0.25, 0.3) is 0 Å². The number of likely N-dealkylation sites (N-methyl/N-ethyl adjacent to an activating group) is 1. The maximum Gasteiger partial charge on any atom is 0.323 e. The molecule has 0 atom stereocenters. The van der Waals surface area contributed by atoms with E-state index in [0.29, 0.717) is 24.5 Å². The summed E-state index contributed by atoms with van der Waals surface area (Å²) in [7, 11) is 0. The summed E-state index contributed by atoms with van der Waals surface area (Å²) in [5.41, 5.74) is 1.58. The number of carbonyl (C=O) groups excluding carboxylic acids is 1. The number of ether oxygens (including phenoxy) is 1. The Morgan fingerprint density at radius 3 is 2.62 bits per heavy atom. The Bertz CT molecular complexity index is 533. The first-order valence-electron chi connectivity index (χ1n) is 6.81. The van der Waals surface area contributed by atoms with Crippen LogP contribution in [-0.4, -0.2) is 41.6 Å². The molecule has 1 aromatic rings. The molecule has 1 rings (SSSR count). The van der Waals surface area contributed by atoms with Gasteiger partial charge in [0.05, 0.1) is 0 Å². The number of aliphatic carboxylic acids is 1. The van der Waals surface area contributed by atoms with Crippen molar-refractivity contribution in [3.8, 4) is 5.75 Å². The molecular weight excluding hydrogens is 270 g/mol. The van der Waals surface area contributed by atoms with E-state index in [9.17, 15) is 9.59 Å². The fraction of sp³-hybridized carbons (Fsp3) is 0.375. The summed E-state index contributed by atoms with van der Waals surface area (Å²) in [5, 5.41) is 8.81. The lowest BCUT2D eigenvalue weighted by Gasteiger charge is -2.18. The number of rotatable bonds is 7. The predicted molar refractivity (Wildman–Crippen MR) is 80.6 cm³/mol. The number of carbonyl (C=O) groups is 2. The number of allylic oxidation sites excluding steroid dienone is 1. The second kappa shape index (κ2) is 8.09. The van der Waals surface area contributed by atoms with Gasteiger partial charge in [0.1, 0.15) is 18.9 Å². The molecule has 0 bridgehead atoms. The van der Waals surface area contributed by atoms with Crippen LogP contribution < -0.4 is 4.74 Å². The Balaban J connectivity index is 2.80. The number of hydrogen-bond acceptors (Lipinski definition) is 3. The summed E-state index contributed by atoms with van der Waals surface area (Å²) in [6.07, 6.45) is 1.94. The lowest BCUT2D eigenvalue weighted by Crippen LogP contribution is -2.35. The number of amides is 1. The van der Waals surface area contributed by atoms with Gasteiger partial charge in [-0.2, -0.15) is 0 Å². The molecular formula is C16H21NO4. The SMILES string of the molecule is CCN(CC(=O)O)C(=O)c1cccc(OCC=C(C)C)c1. The van der Waals surface area contributed by atoms with Crippen molar-refractivity contribution in [3.05, 3.63) is 41.5 Å². The Morgan fingerprint density at radius 2 is 2.05 bits per heavy atom. The first-order chi connectivity index (χ1) is 9.93. The molecule has 1 aromatic carbocycles. The predicted octanol–water partition coefficient (Wildman–Crippen LogP) is 2.58. The minimum Gasteiger partial charge on any atom is -0.490 e. The number of hydrogen-bond donors (Lipinski definition) is 1. The fourth-order valence-electron chi connectivity index (χ4n) is 1.70. The molecule has 0 saturated heterocycles. The molecule has 114 valence electrons. The highest BCUT2D eigenvalue weighted by Gasteiger charge is 2.17. The van der Waals surface area contributed by atoms with E-state index >= 15 is 0 Å². The Morgan fingerprint density at radius 1 is 1.33 bits per heavy atom. The topological polar surface area (TPSA) is 66.8 Å². The van der Waals surface area contributed by atoms with Crippen LogP contribution in [0.5, 0.6) is 5.75 Å². The molecule has 0 aliphatic heterocycles. The van der Waals surface area contributed by atoms with Crippen LogP contribution in [0.3, 0.4) is 0 Å². The zero-order chi connectivity index (χ0) is 15.8. The molecule has 5 heteroatoms. The smallest absolute Gasteiger partial charge is 0.323 e. The van der Waals surface area contributed by atoms with Crippen molar-refractivity contribution in [2.24, 2.45) is 0 Å². The third-order valence-electron chi connectivity index (χ3n) is 2.82. The van der Waals surface area contributed by atoms with E-state index in [1.54, 1.807) is 31.2 Å². The maximum absolute atomic E-state index is 12.2. The van der Waals surface area contributed by atoms with Crippen molar-refractivity contribution in [3.63, 3.8) is 0 Å². The highest BCUT2D eigenvalue weighted by Crippen LogP contribution is 2.15. The first kappa shape index (κ1) is 16.8. The van der Waals surface area contributed by atoms with Gasteiger partial charge < -0.3 is 14.7 Å². The molecule has 0 aliphatic carbocycles. The molecule has 0 saturated carbocycles. The minimum atomic E-state index is -1.03. The van der Waals surface area contributed by atoms with E-state index in [-0.39, 0.29) is 12.5 Å². The zero-order valence-corrected chi connectivity index (χ0v) is 12.6. The second-order valence-electron chi connectivity index (χ2n) is 4.83. The highest BCUT2D eigenvalue weighted by molar-refractivity contribution is 5.96. The van der Waals surface area contributed by atoms with Gasteiger partial charge in [-0.1, -0.05) is 11.6 Å². The fourth-order valence-corrected chi connectivity index (χ4v) is 1.70. The summed E-state index contributed by atoms with van der Waals surface area (Å²) in [5.74, 6) is -0.751. The number of carboxylic acids is 1. The maximum atomic E-state index is 12.2. The molecule has 21 heavy (non-hydrogen) atoms. The van der Waals surface area contributed by atoms with Crippen molar-refractivity contribution < 1.29 is 19.4 Å². The summed E-state index contributed by atoms with van der Waals surface area (Å²) in [6, 6.07) is 6.77. The van der Waals surface area contributed by atoms with Gasteiger partial charge in [0.2, 0.25) is 0 Å². The monoisotopic (exact) mass is 291 g/mol.